The Labute approximate surface area is 569 Å². The Bertz CT molecular complexity index is 2530. The molecule has 0 spiro atoms. The normalized spacial score (nSPS) is 26.3. The number of likely N-dealkylation sites (N-methyl/N-ethyl adjacent to an activating group) is 7. The van der Waals surface area contributed by atoms with Crippen LogP contribution in [0.15, 0.2) is 12.2 Å². The topological polar surface area (TPSA) is 282 Å². The molecule has 94 heavy (non-hydrogen) atoms. The summed E-state index contributed by atoms with van der Waals surface area (Å²) in [5.41, 5.74) is 0. The minimum Gasteiger partial charge on any atom is -0.390 e. The van der Waals surface area contributed by atoms with Gasteiger partial charge >= 0.3 is 0 Å². The monoisotopic (exact) mass is 1350 g/mol. The lowest BCUT2D eigenvalue weighted by molar-refractivity contribution is -0.157. The van der Waals surface area contributed by atoms with Crippen LogP contribution in [-0.4, -0.2) is 262 Å². The van der Waals surface area contributed by atoms with Crippen molar-refractivity contribution in [3.8, 4) is 0 Å². The molecule has 0 bridgehead atoms. The van der Waals surface area contributed by atoms with Crippen LogP contribution in [0.25, 0.3) is 0 Å². The summed E-state index contributed by atoms with van der Waals surface area (Å²) in [5.74, 6) is -9.04. The maximum Gasteiger partial charge on any atom is 0.246 e. The van der Waals surface area contributed by atoms with Crippen molar-refractivity contribution < 1.29 is 57.8 Å². The molecule has 0 radical (unpaired) electrons. The van der Waals surface area contributed by atoms with Crippen molar-refractivity contribution in [1.82, 2.24) is 60.5 Å². The summed E-state index contributed by atoms with van der Waals surface area (Å²) in [7, 11) is 10.1. The van der Waals surface area contributed by atoms with Crippen LogP contribution in [0.2, 0.25) is 0 Å². The van der Waals surface area contributed by atoms with Crippen molar-refractivity contribution in [3.05, 3.63) is 12.2 Å². The molecule has 1 rings (SSSR count). The Hall–Kier alpha value is -5.82. The predicted molar refractivity (Wildman–Crippen MR) is 372 cm³/mol. The van der Waals surface area contributed by atoms with Crippen molar-refractivity contribution >= 4 is 76.7 Å². The molecule has 25 heteroatoms. The third-order valence-corrected chi connectivity index (χ3v) is 19.1. The highest BCUT2D eigenvalue weighted by atomic mass is 32.2. The molecule has 0 saturated carbocycles. The van der Waals surface area contributed by atoms with E-state index in [0.29, 0.717) is 18.7 Å². The minimum absolute atomic E-state index is 0.0108. The Morgan fingerprint density at radius 3 is 1.31 bits per heavy atom. The third-order valence-electron chi connectivity index (χ3n) is 18.1. The lowest BCUT2D eigenvalue weighted by Crippen LogP contribution is -2.64. The number of nitrogens with one attached hydrogen (secondary N) is 4. The number of aliphatic hydroxyl groups excluding tert-OH is 1. The first kappa shape index (κ1) is 86.2. The average molecular weight is 1350 g/mol. The van der Waals surface area contributed by atoms with E-state index >= 15 is 28.8 Å². The fourth-order valence-electron chi connectivity index (χ4n) is 11.9. The number of carbonyl (C=O) groups excluding carboxylic acids is 11. The van der Waals surface area contributed by atoms with Gasteiger partial charge in [0.15, 0.2) is 0 Å². The van der Waals surface area contributed by atoms with Crippen molar-refractivity contribution in [2.75, 3.05) is 80.5 Å². The van der Waals surface area contributed by atoms with Gasteiger partial charge in [-0.25, -0.2) is 0 Å². The number of amides is 11. The number of aliphatic hydroxyl groups is 1. The molecule has 5 N–H and O–H groups in total. The van der Waals surface area contributed by atoms with Gasteiger partial charge in [-0.15, -0.1) is 0 Å². The summed E-state index contributed by atoms with van der Waals surface area (Å²) in [4.78, 5) is 175. The zero-order chi connectivity index (χ0) is 72.7. The van der Waals surface area contributed by atoms with E-state index in [0.717, 1.165) is 18.0 Å². The summed E-state index contributed by atoms with van der Waals surface area (Å²) in [5, 5.41) is 23.5. The van der Waals surface area contributed by atoms with Crippen LogP contribution >= 0.6 is 11.8 Å². The highest BCUT2D eigenvalue weighted by molar-refractivity contribution is 7.99. The van der Waals surface area contributed by atoms with Gasteiger partial charge in [0.05, 0.1) is 6.10 Å². The maximum absolute atomic E-state index is 15.4. The first-order valence-electron chi connectivity index (χ1n) is 34.3. The smallest absolute Gasteiger partial charge is 0.246 e. The zero-order valence-corrected chi connectivity index (χ0v) is 63.1. The van der Waals surface area contributed by atoms with Gasteiger partial charge in [-0.05, 0) is 114 Å². The fourth-order valence-corrected chi connectivity index (χ4v) is 13.1. The highest BCUT2D eigenvalue weighted by Crippen LogP contribution is 2.26. The summed E-state index contributed by atoms with van der Waals surface area (Å²) in [6, 6.07) is -13.7. The number of hydrogen-bond acceptors (Lipinski definition) is 14. The molecule has 1 heterocycles. The summed E-state index contributed by atoms with van der Waals surface area (Å²) >= 11 is 1.44. The summed E-state index contributed by atoms with van der Waals surface area (Å²) < 4.78 is 0. The van der Waals surface area contributed by atoms with Gasteiger partial charge in [0.1, 0.15) is 66.5 Å². The van der Waals surface area contributed by atoms with Gasteiger partial charge in [-0.2, -0.15) is 11.8 Å². The Morgan fingerprint density at radius 2 is 0.862 bits per heavy atom. The standard InChI is InChI=1S/C69H126N12O12S/c1-27-31-32-46(17)58(82)57-62(86)72-49(28-2)64(88)78(24)54(39-94-34-33-81(29-3)30-4)67(91)74(20)51(36-41(7)8)61(85)73-55(44(13)14)68(92)75(21)50(35-40(5)6)60(84)70-47(18)59(83)71-48(19)63(87)76(22)52(37-42(9)10)65(89)77(23)53(38-43(11)12)66(90)79(25)56(45(15)16)69(93)80(57)26/h27,31,40-58,82H,28-30,32-39H2,1-26H3,(H,70,84)(H,71,83)(H,72,86)(H,73,85)/b31-27+/t46-,47+,48-,49+,50+,51+,52+,53+,54+,55+,56+,57+,58-/m1/s1. The molecule has 24 nitrogen and oxygen atoms in total. The molecule has 11 amide bonds. The van der Waals surface area contributed by atoms with Crippen LogP contribution in [0, 0.1) is 41.4 Å². The zero-order valence-electron chi connectivity index (χ0n) is 62.3. The van der Waals surface area contributed by atoms with Crippen LogP contribution in [-0.2, 0) is 52.7 Å². The maximum atomic E-state index is 15.4. The molecule has 1 fully saturated rings. The minimum atomic E-state index is -1.63. The summed E-state index contributed by atoms with van der Waals surface area (Å²) in [6.45, 7) is 36.5. The van der Waals surface area contributed by atoms with E-state index < -0.39 is 155 Å². The molecule has 0 aromatic heterocycles. The van der Waals surface area contributed by atoms with E-state index in [1.54, 1.807) is 47.6 Å². The Balaban J connectivity index is 4.55. The molecule has 0 aliphatic carbocycles. The van der Waals surface area contributed by atoms with E-state index in [-0.39, 0.29) is 61.5 Å². The van der Waals surface area contributed by atoms with Crippen molar-refractivity contribution in [2.45, 2.75) is 243 Å². The fraction of sp³-hybridized carbons (Fsp3) is 0.812. The predicted octanol–water partition coefficient (Wildman–Crippen LogP) is 4.71. The molecule has 540 valence electrons. The summed E-state index contributed by atoms with van der Waals surface area (Å²) in [6.07, 6.45) is 3.01. The largest absolute Gasteiger partial charge is 0.390 e. The van der Waals surface area contributed by atoms with Gasteiger partial charge in [0, 0.05) is 67.4 Å². The number of rotatable bonds is 22. The van der Waals surface area contributed by atoms with E-state index in [4.69, 9.17) is 0 Å². The van der Waals surface area contributed by atoms with Crippen molar-refractivity contribution in [2.24, 2.45) is 41.4 Å². The third kappa shape index (κ3) is 24.7. The van der Waals surface area contributed by atoms with Gasteiger partial charge in [-0.3, -0.25) is 52.7 Å². The molecular formula is C69H126N12O12S. The first-order chi connectivity index (χ1) is 43.6. The van der Waals surface area contributed by atoms with Crippen LogP contribution < -0.4 is 21.3 Å². The second kappa shape index (κ2) is 40.7. The molecule has 0 aromatic rings. The first-order valence-corrected chi connectivity index (χ1v) is 35.4. The Morgan fingerprint density at radius 1 is 0.457 bits per heavy atom. The van der Waals surface area contributed by atoms with Gasteiger partial charge < -0.3 is 65.6 Å². The van der Waals surface area contributed by atoms with Crippen molar-refractivity contribution in [1.29, 1.82) is 0 Å². The second-order valence-corrected chi connectivity index (χ2v) is 29.6. The lowest BCUT2D eigenvalue weighted by atomic mass is 9.91. The van der Waals surface area contributed by atoms with Gasteiger partial charge in [0.2, 0.25) is 65.0 Å². The van der Waals surface area contributed by atoms with Gasteiger partial charge in [-0.1, -0.05) is 123 Å². The number of allylic oxidation sites excluding steroid dienone is 2. The Kier molecular flexibility index (Phi) is 37.3. The molecule has 0 unspecified atom stereocenters. The molecule has 1 saturated heterocycles. The molecule has 13 atom stereocenters. The molecule has 1 aliphatic heterocycles. The average Bonchev–Trinajstić information content (AvgIpc) is 0.858. The van der Waals surface area contributed by atoms with E-state index in [2.05, 4.69) is 26.2 Å². The number of thioether (sulfide) groups is 1. The molecular weight excluding hydrogens is 1220 g/mol. The van der Waals surface area contributed by atoms with Crippen LogP contribution in [0.5, 0.6) is 0 Å². The number of carbonyl (C=O) groups is 11. The second-order valence-electron chi connectivity index (χ2n) is 28.4. The SMILES string of the molecule is C/C=C/C[C@@H](C)[C@@H](O)[C@H]1C(=O)N[C@@H](CC)C(=O)N(C)[C@@H](CSCCN(CC)CC)C(=O)N(C)[C@@H](CC(C)C)C(=O)N[C@@H](C(C)C)C(=O)N(C)[C@@H](CC(C)C)C(=O)N[C@@H](C)C(=O)N[C@H](C)C(=O)N(C)[C@@H](CC(C)C)C(=O)N(C)[C@@H](CC(C)C)C(=O)N(C)[C@@H](C(C)C)C(=O)N1C. The van der Waals surface area contributed by atoms with Crippen LogP contribution in [0.1, 0.15) is 170 Å². The lowest BCUT2D eigenvalue weighted by Gasteiger charge is -2.41. The van der Waals surface area contributed by atoms with E-state index in [1.807, 2.05) is 82.2 Å². The van der Waals surface area contributed by atoms with Crippen molar-refractivity contribution in [3.63, 3.8) is 0 Å². The van der Waals surface area contributed by atoms with E-state index in [1.165, 1.54) is 104 Å². The molecule has 0 aromatic carbocycles. The quantitative estimate of drug-likeness (QED) is 0.0726. The van der Waals surface area contributed by atoms with Gasteiger partial charge in [0.25, 0.3) is 0 Å². The molecule has 1 aliphatic rings. The highest BCUT2D eigenvalue weighted by Gasteiger charge is 2.46. The van der Waals surface area contributed by atoms with Crippen LogP contribution in [0.3, 0.4) is 0 Å². The number of hydrogen-bond donors (Lipinski definition) is 5. The number of nitrogens with zero attached hydrogens (tertiary/aromatic N) is 8. The van der Waals surface area contributed by atoms with E-state index in [9.17, 15) is 29.1 Å². The van der Waals surface area contributed by atoms with Crippen LogP contribution in [0.4, 0.5) is 0 Å².